The van der Waals surface area contributed by atoms with Gasteiger partial charge in [-0.3, -0.25) is 4.79 Å². The summed E-state index contributed by atoms with van der Waals surface area (Å²) in [6.07, 6.45) is 5.12. The van der Waals surface area contributed by atoms with Crippen LogP contribution in [0.3, 0.4) is 0 Å². The average Bonchev–Trinajstić information content (AvgIpc) is 3.17. The Morgan fingerprint density at radius 3 is 2.85 bits per heavy atom. The Labute approximate surface area is 119 Å². The van der Waals surface area contributed by atoms with Crippen LogP contribution in [0.25, 0.3) is 0 Å². The van der Waals surface area contributed by atoms with Gasteiger partial charge in [0.25, 0.3) is 5.91 Å². The zero-order chi connectivity index (χ0) is 13.9. The van der Waals surface area contributed by atoms with Gasteiger partial charge in [0.15, 0.2) is 0 Å². The number of carbonyl (C=O) groups excluding carboxylic acids is 1. The van der Waals surface area contributed by atoms with Gasteiger partial charge in [-0.15, -0.1) is 0 Å². The molecule has 1 heterocycles. The molecular weight excluding hydrogens is 252 g/mol. The first-order chi connectivity index (χ1) is 9.70. The number of nitrogens with one attached hydrogen (secondary N) is 2. The molecule has 0 aromatic heterocycles. The van der Waals surface area contributed by atoms with Crippen molar-refractivity contribution >= 4 is 11.6 Å². The Morgan fingerprint density at radius 1 is 1.30 bits per heavy atom. The zero-order valence-electron chi connectivity index (χ0n) is 11.9. The van der Waals surface area contributed by atoms with Crippen molar-refractivity contribution in [3.8, 4) is 0 Å². The smallest absolute Gasteiger partial charge is 0.251 e. The van der Waals surface area contributed by atoms with E-state index in [4.69, 9.17) is 4.74 Å². The number of carbonyl (C=O) groups is 1. The van der Waals surface area contributed by atoms with E-state index < -0.39 is 0 Å². The number of ether oxygens (including phenoxy) is 1. The van der Waals surface area contributed by atoms with Gasteiger partial charge in [-0.05, 0) is 50.8 Å². The van der Waals surface area contributed by atoms with Crippen molar-refractivity contribution < 1.29 is 9.53 Å². The minimum Gasteiger partial charge on any atom is -0.382 e. The fourth-order valence-corrected chi connectivity index (χ4v) is 2.53. The monoisotopic (exact) mass is 274 g/mol. The minimum absolute atomic E-state index is 0.0295. The van der Waals surface area contributed by atoms with Crippen molar-refractivity contribution in [3.63, 3.8) is 0 Å². The number of amides is 1. The maximum Gasteiger partial charge on any atom is 0.251 e. The van der Waals surface area contributed by atoms with Gasteiger partial charge in [0.05, 0.1) is 12.2 Å². The second kappa shape index (κ2) is 5.83. The van der Waals surface area contributed by atoms with Crippen LogP contribution in [-0.2, 0) is 4.74 Å². The molecule has 1 aliphatic carbocycles. The Morgan fingerprint density at radius 2 is 2.15 bits per heavy atom. The number of rotatable bonds is 5. The van der Waals surface area contributed by atoms with Gasteiger partial charge in [0.1, 0.15) is 0 Å². The summed E-state index contributed by atoms with van der Waals surface area (Å²) in [5, 5.41) is 6.38. The van der Waals surface area contributed by atoms with Gasteiger partial charge in [-0.25, -0.2) is 0 Å². The van der Waals surface area contributed by atoms with E-state index in [0.29, 0.717) is 12.1 Å². The standard InChI is InChI=1S/C16H22N2O2/c1-11-5-8-15(20-11)10-17-14-4-2-3-12(9-14)16(19)18-13-6-7-13/h2-4,9,11,13,15,17H,5-8,10H2,1H3,(H,18,19). The van der Waals surface area contributed by atoms with E-state index in [1.54, 1.807) is 0 Å². The van der Waals surface area contributed by atoms with E-state index >= 15 is 0 Å². The van der Waals surface area contributed by atoms with Gasteiger partial charge in [-0.2, -0.15) is 0 Å². The molecule has 2 fully saturated rings. The number of hydrogen-bond acceptors (Lipinski definition) is 3. The first kappa shape index (κ1) is 13.4. The predicted molar refractivity (Wildman–Crippen MR) is 79.0 cm³/mol. The molecule has 1 amide bonds. The van der Waals surface area contributed by atoms with Gasteiger partial charge < -0.3 is 15.4 Å². The van der Waals surface area contributed by atoms with Crippen molar-refractivity contribution in [1.82, 2.24) is 5.32 Å². The lowest BCUT2D eigenvalue weighted by Gasteiger charge is -2.14. The van der Waals surface area contributed by atoms with Crippen LogP contribution in [0.2, 0.25) is 0 Å². The highest BCUT2D eigenvalue weighted by Gasteiger charge is 2.24. The van der Waals surface area contributed by atoms with Crippen molar-refractivity contribution in [2.45, 2.75) is 50.9 Å². The molecule has 2 atom stereocenters. The highest BCUT2D eigenvalue weighted by Crippen LogP contribution is 2.21. The molecule has 0 spiro atoms. The number of benzene rings is 1. The fraction of sp³-hybridized carbons (Fsp3) is 0.562. The van der Waals surface area contributed by atoms with E-state index in [2.05, 4.69) is 17.6 Å². The predicted octanol–water partition coefficient (Wildman–Crippen LogP) is 2.56. The summed E-state index contributed by atoms with van der Waals surface area (Å²) in [5.41, 5.74) is 1.71. The lowest BCUT2D eigenvalue weighted by Crippen LogP contribution is -2.25. The van der Waals surface area contributed by atoms with Crippen LogP contribution in [0, 0.1) is 0 Å². The summed E-state index contributed by atoms with van der Waals surface area (Å²) >= 11 is 0. The van der Waals surface area contributed by atoms with Crippen LogP contribution in [0.4, 0.5) is 5.69 Å². The van der Waals surface area contributed by atoms with Crippen LogP contribution in [0.5, 0.6) is 0 Å². The molecule has 3 rings (SSSR count). The van der Waals surface area contributed by atoms with E-state index in [0.717, 1.165) is 43.5 Å². The average molecular weight is 274 g/mol. The fourth-order valence-electron chi connectivity index (χ4n) is 2.53. The third-order valence-corrected chi connectivity index (χ3v) is 3.89. The summed E-state index contributed by atoms with van der Waals surface area (Å²) in [6.45, 7) is 2.92. The third kappa shape index (κ3) is 3.51. The summed E-state index contributed by atoms with van der Waals surface area (Å²) < 4.78 is 5.78. The molecule has 108 valence electrons. The van der Waals surface area contributed by atoms with E-state index in [-0.39, 0.29) is 12.0 Å². The molecule has 1 aromatic rings. The van der Waals surface area contributed by atoms with Crippen LogP contribution in [-0.4, -0.2) is 30.7 Å². The number of hydrogen-bond donors (Lipinski definition) is 2. The molecule has 1 aromatic carbocycles. The quantitative estimate of drug-likeness (QED) is 0.867. The Bertz CT molecular complexity index is 485. The highest BCUT2D eigenvalue weighted by molar-refractivity contribution is 5.95. The zero-order valence-corrected chi connectivity index (χ0v) is 11.9. The summed E-state index contributed by atoms with van der Waals surface area (Å²) in [7, 11) is 0. The van der Waals surface area contributed by atoms with E-state index in [1.807, 2.05) is 24.3 Å². The first-order valence-electron chi connectivity index (χ1n) is 7.51. The Kier molecular flexibility index (Phi) is 3.92. The highest BCUT2D eigenvalue weighted by atomic mass is 16.5. The topological polar surface area (TPSA) is 50.4 Å². The molecule has 2 N–H and O–H groups in total. The molecule has 4 heteroatoms. The van der Waals surface area contributed by atoms with Gasteiger partial charge >= 0.3 is 0 Å². The maximum absolute atomic E-state index is 12.0. The largest absolute Gasteiger partial charge is 0.382 e. The normalized spacial score (nSPS) is 25.4. The molecule has 1 saturated heterocycles. The summed E-state index contributed by atoms with van der Waals surface area (Å²) in [6, 6.07) is 8.08. The summed E-state index contributed by atoms with van der Waals surface area (Å²) in [4.78, 5) is 12.0. The van der Waals surface area contributed by atoms with Crippen molar-refractivity contribution in [2.24, 2.45) is 0 Å². The molecule has 0 bridgehead atoms. The maximum atomic E-state index is 12.0. The molecule has 1 aliphatic heterocycles. The van der Waals surface area contributed by atoms with E-state index in [1.165, 1.54) is 0 Å². The first-order valence-corrected chi connectivity index (χ1v) is 7.51. The lowest BCUT2D eigenvalue weighted by atomic mass is 10.1. The number of anilines is 1. The second-order valence-corrected chi connectivity index (χ2v) is 5.86. The molecule has 20 heavy (non-hydrogen) atoms. The molecular formula is C16H22N2O2. The van der Waals surface area contributed by atoms with Gasteiger partial charge in [0, 0.05) is 23.8 Å². The Balaban J connectivity index is 1.54. The minimum atomic E-state index is 0.0295. The molecule has 1 saturated carbocycles. The van der Waals surface area contributed by atoms with Crippen LogP contribution in [0.15, 0.2) is 24.3 Å². The SMILES string of the molecule is CC1CCC(CNc2cccc(C(=O)NC3CC3)c2)O1. The van der Waals surface area contributed by atoms with Crippen molar-refractivity contribution in [1.29, 1.82) is 0 Å². The Hall–Kier alpha value is -1.55. The third-order valence-electron chi connectivity index (χ3n) is 3.89. The summed E-state index contributed by atoms with van der Waals surface area (Å²) in [5.74, 6) is 0.0295. The van der Waals surface area contributed by atoms with Crippen LogP contribution >= 0.6 is 0 Å². The van der Waals surface area contributed by atoms with Gasteiger partial charge in [0.2, 0.25) is 0 Å². The molecule has 2 aliphatic rings. The van der Waals surface area contributed by atoms with Crippen LogP contribution in [0.1, 0.15) is 43.0 Å². The van der Waals surface area contributed by atoms with Crippen molar-refractivity contribution in [3.05, 3.63) is 29.8 Å². The lowest BCUT2D eigenvalue weighted by molar-refractivity contribution is 0.0637. The van der Waals surface area contributed by atoms with E-state index in [9.17, 15) is 4.79 Å². The molecule has 4 nitrogen and oxygen atoms in total. The molecule has 0 radical (unpaired) electrons. The second-order valence-electron chi connectivity index (χ2n) is 5.86. The molecule has 2 unspecified atom stereocenters. The van der Waals surface area contributed by atoms with Crippen LogP contribution < -0.4 is 10.6 Å². The van der Waals surface area contributed by atoms with Gasteiger partial charge in [-0.1, -0.05) is 6.07 Å². The van der Waals surface area contributed by atoms with Crippen molar-refractivity contribution in [2.75, 3.05) is 11.9 Å².